The fourth-order valence-corrected chi connectivity index (χ4v) is 3.22. The molecule has 142 valence electrons. The maximum absolute atomic E-state index is 13.1. The van der Waals surface area contributed by atoms with E-state index in [2.05, 4.69) is 31.6 Å². The number of rotatable bonds is 7. The van der Waals surface area contributed by atoms with Crippen LogP contribution in [0.1, 0.15) is 17.0 Å². The number of benzene rings is 2. The summed E-state index contributed by atoms with van der Waals surface area (Å²) in [6, 6.07) is 9.90. The van der Waals surface area contributed by atoms with Crippen LogP contribution in [0.5, 0.6) is 11.5 Å². The monoisotopic (exact) mass is 452 g/mol. The van der Waals surface area contributed by atoms with Crippen molar-refractivity contribution in [2.45, 2.75) is 20.1 Å². The van der Waals surface area contributed by atoms with Gasteiger partial charge in [-0.05, 0) is 49.0 Å². The van der Waals surface area contributed by atoms with Gasteiger partial charge in [-0.3, -0.25) is 5.10 Å². The van der Waals surface area contributed by atoms with Crippen molar-refractivity contribution in [2.24, 2.45) is 0 Å². The number of aryl methyl sites for hydroxylation is 1. The van der Waals surface area contributed by atoms with Crippen LogP contribution in [-0.2, 0) is 13.2 Å². The molecule has 0 aliphatic rings. The summed E-state index contributed by atoms with van der Waals surface area (Å²) in [5.41, 5.74) is 4.93. The van der Waals surface area contributed by atoms with Crippen LogP contribution in [0.4, 0.5) is 4.39 Å². The lowest BCUT2D eigenvalue weighted by molar-refractivity contribution is 0.281. The predicted molar refractivity (Wildman–Crippen MR) is 107 cm³/mol. The zero-order valence-corrected chi connectivity index (χ0v) is 17.2. The second-order valence-corrected chi connectivity index (χ2v) is 6.96. The van der Waals surface area contributed by atoms with Gasteiger partial charge in [0.2, 0.25) is 4.77 Å². The van der Waals surface area contributed by atoms with E-state index >= 15 is 0 Å². The summed E-state index contributed by atoms with van der Waals surface area (Å²) >= 11 is 8.78. The first-order valence-electron chi connectivity index (χ1n) is 8.10. The summed E-state index contributed by atoms with van der Waals surface area (Å²) in [6.45, 7) is 2.54. The van der Waals surface area contributed by atoms with Gasteiger partial charge in [-0.15, -0.1) is 0 Å². The van der Waals surface area contributed by atoms with E-state index in [0.717, 1.165) is 15.6 Å². The standard InChI is InChI=1S/C18H18BrFN4O2S/c1-11-22-23-18(27)24(11)21-9-14-15(19)7-8-16(25-2)17(14)26-10-12-3-5-13(20)6-4-12/h3-8,21H,9-10H2,1-2H3,(H,23,27). The highest BCUT2D eigenvalue weighted by molar-refractivity contribution is 9.10. The minimum atomic E-state index is -0.282. The molecule has 0 bridgehead atoms. The molecule has 2 aromatic carbocycles. The molecule has 2 N–H and O–H groups in total. The number of hydrogen-bond acceptors (Lipinski definition) is 5. The highest BCUT2D eigenvalue weighted by Crippen LogP contribution is 2.37. The van der Waals surface area contributed by atoms with Gasteiger partial charge in [0.25, 0.3) is 0 Å². The lowest BCUT2D eigenvalue weighted by Crippen LogP contribution is -2.17. The number of nitrogens with one attached hydrogen (secondary N) is 2. The van der Waals surface area contributed by atoms with E-state index in [9.17, 15) is 4.39 Å². The summed E-state index contributed by atoms with van der Waals surface area (Å²) in [5, 5.41) is 6.81. The molecule has 0 saturated heterocycles. The predicted octanol–water partition coefficient (Wildman–Crippen LogP) is 4.48. The number of aromatic amines is 1. The maximum atomic E-state index is 13.1. The topological polar surface area (TPSA) is 64.1 Å². The van der Waals surface area contributed by atoms with E-state index in [1.54, 1.807) is 23.9 Å². The molecule has 3 aromatic rings. The molecule has 0 aliphatic carbocycles. The van der Waals surface area contributed by atoms with Crippen molar-refractivity contribution in [3.05, 3.63) is 68.4 Å². The van der Waals surface area contributed by atoms with E-state index in [1.165, 1.54) is 12.1 Å². The van der Waals surface area contributed by atoms with Gasteiger partial charge in [-0.25, -0.2) is 9.07 Å². The van der Waals surface area contributed by atoms with Gasteiger partial charge in [0.1, 0.15) is 18.2 Å². The molecule has 0 amide bonds. The minimum Gasteiger partial charge on any atom is -0.493 e. The summed E-state index contributed by atoms with van der Waals surface area (Å²) in [4.78, 5) is 0. The number of ether oxygens (including phenoxy) is 2. The molecule has 3 rings (SSSR count). The van der Waals surface area contributed by atoms with Crippen LogP contribution in [0.25, 0.3) is 0 Å². The van der Waals surface area contributed by atoms with Crippen LogP contribution in [0.3, 0.4) is 0 Å². The van der Waals surface area contributed by atoms with Gasteiger partial charge in [0, 0.05) is 10.0 Å². The fraction of sp³-hybridized carbons (Fsp3) is 0.222. The lowest BCUT2D eigenvalue weighted by Gasteiger charge is -2.18. The van der Waals surface area contributed by atoms with Crippen molar-refractivity contribution in [2.75, 3.05) is 12.5 Å². The van der Waals surface area contributed by atoms with Crippen LogP contribution in [-0.4, -0.2) is 22.0 Å². The van der Waals surface area contributed by atoms with E-state index in [-0.39, 0.29) is 12.4 Å². The Kier molecular flexibility index (Phi) is 6.12. The SMILES string of the molecule is COc1ccc(Br)c(CNn2c(C)n[nH]c2=S)c1OCc1ccc(F)cc1. The van der Waals surface area contributed by atoms with Crippen LogP contribution in [0, 0.1) is 17.5 Å². The van der Waals surface area contributed by atoms with Crippen molar-refractivity contribution in [3.8, 4) is 11.5 Å². The van der Waals surface area contributed by atoms with Gasteiger partial charge in [0.15, 0.2) is 11.5 Å². The number of aromatic nitrogens is 3. The van der Waals surface area contributed by atoms with Crippen LogP contribution >= 0.6 is 28.1 Å². The number of halogens is 2. The van der Waals surface area contributed by atoms with Crippen molar-refractivity contribution in [1.82, 2.24) is 14.9 Å². The molecule has 0 radical (unpaired) electrons. The Hall–Kier alpha value is -2.39. The molecule has 0 spiro atoms. The highest BCUT2D eigenvalue weighted by atomic mass is 79.9. The molecule has 1 heterocycles. The molecule has 0 atom stereocenters. The van der Waals surface area contributed by atoms with Crippen molar-refractivity contribution >= 4 is 28.1 Å². The lowest BCUT2D eigenvalue weighted by atomic mass is 10.1. The van der Waals surface area contributed by atoms with Crippen LogP contribution in [0.15, 0.2) is 40.9 Å². The molecule has 9 heteroatoms. The molecule has 0 fully saturated rings. The molecule has 0 saturated carbocycles. The Balaban J connectivity index is 1.85. The Morgan fingerprint density at radius 1 is 1.26 bits per heavy atom. The zero-order chi connectivity index (χ0) is 19.4. The maximum Gasteiger partial charge on any atom is 0.214 e. The third-order valence-electron chi connectivity index (χ3n) is 3.94. The first-order valence-corrected chi connectivity index (χ1v) is 9.30. The molecule has 0 unspecified atom stereocenters. The Bertz CT molecular complexity index is 988. The van der Waals surface area contributed by atoms with E-state index < -0.39 is 0 Å². The summed E-state index contributed by atoms with van der Waals surface area (Å²) < 4.78 is 27.6. The van der Waals surface area contributed by atoms with Gasteiger partial charge < -0.3 is 14.9 Å². The number of H-pyrrole nitrogens is 1. The van der Waals surface area contributed by atoms with E-state index in [1.807, 2.05) is 19.1 Å². The highest BCUT2D eigenvalue weighted by Gasteiger charge is 2.15. The van der Waals surface area contributed by atoms with Crippen molar-refractivity contribution < 1.29 is 13.9 Å². The van der Waals surface area contributed by atoms with E-state index in [0.29, 0.717) is 28.6 Å². The molecule has 27 heavy (non-hydrogen) atoms. The van der Waals surface area contributed by atoms with Gasteiger partial charge in [-0.1, -0.05) is 28.1 Å². The van der Waals surface area contributed by atoms with Gasteiger partial charge in [0.05, 0.1) is 13.7 Å². The van der Waals surface area contributed by atoms with Crippen molar-refractivity contribution in [1.29, 1.82) is 0 Å². The Labute approximate surface area is 169 Å². The Morgan fingerprint density at radius 2 is 2.00 bits per heavy atom. The van der Waals surface area contributed by atoms with E-state index in [4.69, 9.17) is 21.7 Å². The van der Waals surface area contributed by atoms with Crippen LogP contribution < -0.4 is 14.9 Å². The summed E-state index contributed by atoms with van der Waals surface area (Å²) in [6.07, 6.45) is 0. The fourth-order valence-electron chi connectivity index (χ4n) is 2.52. The molecule has 0 aliphatic heterocycles. The average molecular weight is 453 g/mol. The summed E-state index contributed by atoms with van der Waals surface area (Å²) in [7, 11) is 1.58. The second-order valence-electron chi connectivity index (χ2n) is 5.72. The number of methoxy groups -OCH3 is 1. The third kappa shape index (κ3) is 4.48. The molecule has 6 nitrogen and oxygen atoms in total. The first kappa shape index (κ1) is 19.4. The second kappa shape index (κ2) is 8.53. The normalized spacial score (nSPS) is 10.7. The quantitative estimate of drug-likeness (QED) is 0.517. The molecular weight excluding hydrogens is 435 g/mol. The van der Waals surface area contributed by atoms with Crippen LogP contribution in [0.2, 0.25) is 0 Å². The first-order chi connectivity index (χ1) is 13.0. The average Bonchev–Trinajstić information content (AvgIpc) is 2.98. The summed E-state index contributed by atoms with van der Waals surface area (Å²) in [5.74, 6) is 1.63. The smallest absolute Gasteiger partial charge is 0.214 e. The number of hydrogen-bond donors (Lipinski definition) is 2. The minimum absolute atomic E-state index is 0.282. The van der Waals surface area contributed by atoms with Gasteiger partial charge >= 0.3 is 0 Å². The zero-order valence-electron chi connectivity index (χ0n) is 14.8. The van der Waals surface area contributed by atoms with Crippen molar-refractivity contribution in [3.63, 3.8) is 0 Å². The largest absolute Gasteiger partial charge is 0.493 e. The molecule has 1 aromatic heterocycles. The van der Waals surface area contributed by atoms with Gasteiger partial charge in [-0.2, -0.15) is 5.10 Å². The Morgan fingerprint density at radius 3 is 2.63 bits per heavy atom. The third-order valence-corrected chi connectivity index (χ3v) is 4.95. The molecular formula is C18H18BrFN4O2S. The number of nitrogens with zero attached hydrogens (tertiary/aromatic N) is 2.